The summed E-state index contributed by atoms with van der Waals surface area (Å²) in [6, 6.07) is -1.11. The molecular formula is C22H33NO9S. The average Bonchev–Trinajstić information content (AvgIpc) is 3.00. The fraction of sp³-hybridized carbons (Fsp3) is 0.864. The minimum absolute atomic E-state index is 0.0212. The van der Waals surface area contributed by atoms with Crippen LogP contribution in [0.3, 0.4) is 0 Å². The Morgan fingerprint density at radius 2 is 1.91 bits per heavy atom. The summed E-state index contributed by atoms with van der Waals surface area (Å²) in [5, 5.41) is 11.3. The van der Waals surface area contributed by atoms with E-state index in [2.05, 4.69) is 24.9 Å². The fourth-order valence-electron chi connectivity index (χ4n) is 5.86. The zero-order chi connectivity index (χ0) is 24.0. The van der Waals surface area contributed by atoms with Gasteiger partial charge in [-0.2, -0.15) is 12.6 Å². The lowest BCUT2D eigenvalue weighted by Gasteiger charge is -2.59. The van der Waals surface area contributed by atoms with Crippen molar-refractivity contribution in [3.05, 3.63) is 0 Å². The van der Waals surface area contributed by atoms with E-state index < -0.39 is 47.9 Å². The quantitative estimate of drug-likeness (QED) is 0.280. The van der Waals surface area contributed by atoms with Gasteiger partial charge in [0.25, 0.3) is 0 Å². The highest BCUT2D eigenvalue weighted by molar-refractivity contribution is 7.80. The average molecular weight is 488 g/mol. The maximum atomic E-state index is 12.5. The van der Waals surface area contributed by atoms with Gasteiger partial charge in [0.15, 0.2) is 11.9 Å². The van der Waals surface area contributed by atoms with Crippen molar-refractivity contribution in [1.29, 1.82) is 0 Å². The van der Waals surface area contributed by atoms with Crippen molar-refractivity contribution in [3.8, 4) is 0 Å². The van der Waals surface area contributed by atoms with Crippen molar-refractivity contribution < 1.29 is 43.5 Å². The Balaban J connectivity index is 1.41. The van der Waals surface area contributed by atoms with Crippen molar-refractivity contribution in [1.82, 2.24) is 5.32 Å². The van der Waals surface area contributed by atoms with Crippen LogP contribution in [0.25, 0.3) is 0 Å². The fourth-order valence-corrected chi connectivity index (χ4v) is 6.11. The van der Waals surface area contributed by atoms with E-state index in [0.717, 1.165) is 19.3 Å². The first-order valence-corrected chi connectivity index (χ1v) is 12.3. The molecule has 2 bridgehead atoms. The SMILES string of the molecule is C[C@H]1[C@H](OC(=O)CCC(=O)N[C@@H](CS)C(=O)O)O[C@@H]2O[C@]3(C)CC[C@H]4[C@H](C)CC[C@@H]1[C@]24OO3. The molecule has 4 heterocycles. The van der Waals surface area contributed by atoms with Crippen LogP contribution >= 0.6 is 12.6 Å². The van der Waals surface area contributed by atoms with Gasteiger partial charge in [0.05, 0.1) is 6.42 Å². The molecular weight excluding hydrogens is 454 g/mol. The third-order valence-corrected chi connectivity index (χ3v) is 8.08. The molecule has 186 valence electrons. The molecule has 0 radical (unpaired) electrons. The van der Waals surface area contributed by atoms with Gasteiger partial charge in [-0.05, 0) is 38.0 Å². The molecule has 4 aliphatic heterocycles. The van der Waals surface area contributed by atoms with Crippen molar-refractivity contribution in [3.63, 3.8) is 0 Å². The lowest BCUT2D eigenvalue weighted by Crippen LogP contribution is -2.70. The second-order valence-electron chi connectivity index (χ2n) is 9.90. The van der Waals surface area contributed by atoms with Gasteiger partial charge in [0, 0.05) is 30.4 Å². The number of hydrogen-bond donors (Lipinski definition) is 3. The first kappa shape index (κ1) is 24.7. The van der Waals surface area contributed by atoms with E-state index in [1.54, 1.807) is 0 Å². The summed E-state index contributed by atoms with van der Waals surface area (Å²) in [4.78, 5) is 47.4. The van der Waals surface area contributed by atoms with Crippen LogP contribution in [-0.4, -0.2) is 58.7 Å². The van der Waals surface area contributed by atoms with Gasteiger partial charge in [-0.25, -0.2) is 14.6 Å². The van der Waals surface area contributed by atoms with E-state index in [0.29, 0.717) is 12.3 Å². The van der Waals surface area contributed by atoms with Crippen LogP contribution < -0.4 is 5.32 Å². The van der Waals surface area contributed by atoms with E-state index >= 15 is 0 Å². The molecule has 0 aromatic heterocycles. The molecule has 9 atom stereocenters. The van der Waals surface area contributed by atoms with Crippen LogP contribution in [0.4, 0.5) is 0 Å². The second-order valence-corrected chi connectivity index (χ2v) is 10.3. The number of rotatable bonds is 7. The highest BCUT2D eigenvalue weighted by atomic mass is 32.1. The Hall–Kier alpha value is -1.40. The minimum atomic E-state index is -1.18. The Kier molecular flexibility index (Phi) is 6.99. The zero-order valence-corrected chi connectivity index (χ0v) is 20.0. The van der Waals surface area contributed by atoms with Gasteiger partial charge in [-0.15, -0.1) is 0 Å². The van der Waals surface area contributed by atoms with Crippen molar-refractivity contribution in [2.24, 2.45) is 23.7 Å². The van der Waals surface area contributed by atoms with Gasteiger partial charge in [0.2, 0.25) is 18.0 Å². The summed E-state index contributed by atoms with van der Waals surface area (Å²) in [6.45, 7) is 6.02. The van der Waals surface area contributed by atoms with Crippen LogP contribution in [0.5, 0.6) is 0 Å². The van der Waals surface area contributed by atoms with Crippen LogP contribution in [0.1, 0.15) is 59.3 Å². The van der Waals surface area contributed by atoms with Gasteiger partial charge < -0.3 is 24.6 Å². The Labute approximate surface area is 198 Å². The third kappa shape index (κ3) is 4.50. The largest absolute Gasteiger partial charge is 0.480 e. The summed E-state index contributed by atoms with van der Waals surface area (Å²) >= 11 is 3.90. The summed E-state index contributed by atoms with van der Waals surface area (Å²) in [7, 11) is 0. The predicted octanol–water partition coefficient (Wildman–Crippen LogP) is 2.02. The minimum Gasteiger partial charge on any atom is -0.480 e. The molecule has 1 aliphatic carbocycles. The number of esters is 1. The van der Waals surface area contributed by atoms with Gasteiger partial charge in [-0.1, -0.05) is 13.8 Å². The smallest absolute Gasteiger partial charge is 0.327 e. The summed E-state index contributed by atoms with van der Waals surface area (Å²) < 4.78 is 18.0. The first-order chi connectivity index (χ1) is 15.6. The predicted molar refractivity (Wildman–Crippen MR) is 116 cm³/mol. The molecule has 1 spiro atoms. The van der Waals surface area contributed by atoms with Crippen LogP contribution in [0.15, 0.2) is 0 Å². The summed E-state index contributed by atoms with van der Waals surface area (Å²) in [6.07, 6.45) is 1.54. The standard InChI is InChI=1S/C22H33NO9S/c1-11-4-5-14-12(2)19(28-17(25)7-6-16(24)23-15(10-33)18(26)27)29-20-22(14)13(11)8-9-21(3,30-20)31-32-22/h11-15,19-20,33H,4-10H2,1-3H3,(H,23,24)(H,26,27)/t11-,12-,13+,14+,15+,19-,20-,21+,22+/m1/s1. The second kappa shape index (κ2) is 9.33. The summed E-state index contributed by atoms with van der Waals surface area (Å²) in [5.41, 5.74) is -0.741. The molecule has 0 aromatic rings. The van der Waals surface area contributed by atoms with E-state index in [1.807, 2.05) is 13.8 Å². The molecule has 0 unspecified atom stereocenters. The van der Waals surface area contributed by atoms with Gasteiger partial charge >= 0.3 is 11.9 Å². The molecule has 1 amide bonds. The number of ether oxygens (including phenoxy) is 3. The molecule has 1 saturated carbocycles. The molecule has 5 aliphatic rings. The number of nitrogens with one attached hydrogen (secondary N) is 1. The third-order valence-electron chi connectivity index (χ3n) is 7.72. The lowest BCUT2D eigenvalue weighted by atomic mass is 9.58. The highest BCUT2D eigenvalue weighted by Crippen LogP contribution is 2.60. The van der Waals surface area contributed by atoms with Gasteiger partial charge in [0.1, 0.15) is 6.04 Å². The first-order valence-electron chi connectivity index (χ1n) is 11.6. The zero-order valence-electron chi connectivity index (χ0n) is 19.2. The number of aliphatic carboxylic acids is 1. The molecule has 10 nitrogen and oxygen atoms in total. The number of carboxylic acids is 1. The van der Waals surface area contributed by atoms with Crippen molar-refractivity contribution in [2.45, 2.75) is 89.3 Å². The Morgan fingerprint density at radius 3 is 2.61 bits per heavy atom. The topological polar surface area (TPSA) is 130 Å². The number of fused-ring (bicyclic) bond motifs is 2. The van der Waals surface area contributed by atoms with E-state index in [4.69, 9.17) is 29.1 Å². The Bertz CT molecular complexity index is 796. The van der Waals surface area contributed by atoms with Crippen LogP contribution in [0.2, 0.25) is 0 Å². The molecule has 5 rings (SSSR count). The number of carbonyl (C=O) groups excluding carboxylic acids is 2. The monoisotopic (exact) mass is 487 g/mol. The molecule has 11 heteroatoms. The van der Waals surface area contributed by atoms with Crippen LogP contribution in [0, 0.1) is 23.7 Å². The highest BCUT2D eigenvalue weighted by Gasteiger charge is 2.69. The lowest BCUT2D eigenvalue weighted by molar-refractivity contribution is -0.576. The van der Waals surface area contributed by atoms with E-state index in [1.165, 1.54) is 0 Å². The van der Waals surface area contributed by atoms with Crippen LogP contribution in [-0.2, 0) is 38.4 Å². The van der Waals surface area contributed by atoms with Crippen molar-refractivity contribution in [2.75, 3.05) is 5.75 Å². The molecule has 0 aromatic carbocycles. The van der Waals surface area contributed by atoms with Gasteiger partial charge in [-0.3, -0.25) is 9.59 Å². The Morgan fingerprint density at radius 1 is 1.15 bits per heavy atom. The number of hydrogen-bond acceptors (Lipinski definition) is 9. The molecule has 4 saturated heterocycles. The molecule has 5 fully saturated rings. The molecule has 2 N–H and O–H groups in total. The van der Waals surface area contributed by atoms with E-state index in [9.17, 15) is 14.4 Å². The molecule has 33 heavy (non-hydrogen) atoms. The number of carboxylic acid groups (broad SMARTS) is 1. The number of amides is 1. The maximum Gasteiger partial charge on any atom is 0.327 e. The number of thiol groups is 1. The maximum absolute atomic E-state index is 12.5. The number of carbonyl (C=O) groups is 3. The summed E-state index contributed by atoms with van der Waals surface area (Å²) in [5.74, 6) is -2.81. The van der Waals surface area contributed by atoms with E-state index in [-0.39, 0.29) is 36.3 Å². The van der Waals surface area contributed by atoms with Crippen molar-refractivity contribution >= 4 is 30.5 Å². The normalized spacial score (nSPS) is 42.5.